The van der Waals surface area contributed by atoms with Crippen molar-refractivity contribution in [1.82, 2.24) is 5.32 Å². The van der Waals surface area contributed by atoms with Crippen molar-refractivity contribution in [2.45, 2.75) is 38.1 Å². The van der Waals surface area contributed by atoms with Gasteiger partial charge in [0.15, 0.2) is 0 Å². The Morgan fingerprint density at radius 3 is 2.60 bits per heavy atom. The summed E-state index contributed by atoms with van der Waals surface area (Å²) in [5.74, 6) is -0.149. The Morgan fingerprint density at radius 1 is 1.33 bits per heavy atom. The normalized spacial score (nSPS) is 25.7. The number of benzene rings is 1. The highest BCUT2D eigenvalue weighted by molar-refractivity contribution is 5.19. The van der Waals surface area contributed by atoms with Gasteiger partial charge in [0.1, 0.15) is 5.82 Å². The molecule has 1 aliphatic heterocycles. The molecule has 1 saturated heterocycles. The van der Waals surface area contributed by atoms with Crippen molar-refractivity contribution in [2.75, 3.05) is 6.54 Å². The minimum Gasteiger partial charge on any atom is -0.311 e. The summed E-state index contributed by atoms with van der Waals surface area (Å²) < 4.78 is 12.8. The van der Waals surface area contributed by atoms with E-state index in [9.17, 15) is 4.39 Å². The molecule has 1 heterocycles. The van der Waals surface area contributed by atoms with Crippen LogP contribution >= 0.6 is 0 Å². The molecule has 2 heteroatoms. The molecule has 1 nitrogen and oxygen atoms in total. The summed E-state index contributed by atoms with van der Waals surface area (Å²) in [5, 5.41) is 3.59. The van der Waals surface area contributed by atoms with Crippen LogP contribution in [0.4, 0.5) is 4.39 Å². The molecule has 1 atom stereocenters. The van der Waals surface area contributed by atoms with Crippen LogP contribution in [-0.2, 0) is 6.42 Å². The molecule has 1 aromatic carbocycles. The lowest BCUT2D eigenvalue weighted by molar-refractivity contribution is 0.360. The minimum absolute atomic E-state index is 0.149. The van der Waals surface area contributed by atoms with Gasteiger partial charge in [-0.3, -0.25) is 0 Å². The largest absolute Gasteiger partial charge is 0.311 e. The van der Waals surface area contributed by atoms with Crippen LogP contribution in [0.2, 0.25) is 0 Å². The SMILES string of the molecule is CCC1(Cc2ccc(F)cc2)CCCN1. The Morgan fingerprint density at radius 2 is 2.07 bits per heavy atom. The van der Waals surface area contributed by atoms with Gasteiger partial charge in [-0.15, -0.1) is 0 Å². The first-order valence-electron chi connectivity index (χ1n) is 5.74. The molecule has 0 amide bonds. The molecule has 1 N–H and O–H groups in total. The van der Waals surface area contributed by atoms with E-state index in [2.05, 4.69) is 12.2 Å². The molecule has 82 valence electrons. The van der Waals surface area contributed by atoms with Crippen molar-refractivity contribution in [3.63, 3.8) is 0 Å². The Labute approximate surface area is 90.7 Å². The lowest BCUT2D eigenvalue weighted by Gasteiger charge is -2.28. The third-order valence-electron chi connectivity index (χ3n) is 3.46. The predicted octanol–water partition coefficient (Wildman–Crippen LogP) is 2.90. The molecule has 1 aromatic rings. The molecule has 15 heavy (non-hydrogen) atoms. The highest BCUT2D eigenvalue weighted by atomic mass is 19.1. The van der Waals surface area contributed by atoms with Crippen molar-refractivity contribution in [2.24, 2.45) is 0 Å². The summed E-state index contributed by atoms with van der Waals surface area (Å²) >= 11 is 0. The van der Waals surface area contributed by atoms with Crippen LogP contribution in [0.1, 0.15) is 31.7 Å². The first kappa shape index (κ1) is 10.6. The molecule has 1 fully saturated rings. The standard InChI is InChI=1S/C13H18FN/c1-2-13(8-3-9-15-13)10-11-4-6-12(14)7-5-11/h4-7,15H,2-3,8-10H2,1H3. The zero-order chi connectivity index (χ0) is 10.7. The van der Waals surface area contributed by atoms with Crippen molar-refractivity contribution >= 4 is 0 Å². The van der Waals surface area contributed by atoms with Crippen molar-refractivity contribution in [3.8, 4) is 0 Å². The molecule has 0 aromatic heterocycles. The van der Waals surface area contributed by atoms with Crippen LogP contribution in [0, 0.1) is 5.82 Å². The molecule has 1 aliphatic rings. The number of hydrogen-bond donors (Lipinski definition) is 1. The monoisotopic (exact) mass is 207 g/mol. The Balaban J connectivity index is 2.09. The molecule has 0 saturated carbocycles. The van der Waals surface area contributed by atoms with Gasteiger partial charge in [-0.1, -0.05) is 19.1 Å². The first-order chi connectivity index (χ1) is 7.24. The topological polar surface area (TPSA) is 12.0 Å². The van der Waals surface area contributed by atoms with E-state index in [4.69, 9.17) is 0 Å². The molecule has 0 radical (unpaired) electrons. The van der Waals surface area contributed by atoms with Gasteiger partial charge in [0.2, 0.25) is 0 Å². The van der Waals surface area contributed by atoms with E-state index in [0.717, 1.165) is 19.4 Å². The van der Waals surface area contributed by atoms with Gasteiger partial charge in [-0.05, 0) is 49.9 Å². The van der Waals surface area contributed by atoms with E-state index in [1.165, 1.54) is 18.4 Å². The fourth-order valence-corrected chi connectivity index (χ4v) is 2.44. The molecule has 0 bridgehead atoms. The van der Waals surface area contributed by atoms with Gasteiger partial charge >= 0.3 is 0 Å². The number of nitrogens with one attached hydrogen (secondary N) is 1. The predicted molar refractivity (Wildman–Crippen MR) is 60.4 cm³/mol. The van der Waals surface area contributed by atoms with Crippen LogP contribution in [0.25, 0.3) is 0 Å². The van der Waals surface area contributed by atoms with Crippen molar-refractivity contribution in [3.05, 3.63) is 35.6 Å². The second-order valence-corrected chi connectivity index (χ2v) is 4.47. The van der Waals surface area contributed by atoms with E-state index in [-0.39, 0.29) is 11.4 Å². The van der Waals surface area contributed by atoms with Crippen LogP contribution in [0.5, 0.6) is 0 Å². The van der Waals surface area contributed by atoms with Crippen molar-refractivity contribution in [1.29, 1.82) is 0 Å². The maximum atomic E-state index is 12.8. The zero-order valence-electron chi connectivity index (χ0n) is 9.22. The summed E-state index contributed by atoms with van der Waals surface area (Å²) in [6.07, 6.45) is 4.66. The second kappa shape index (κ2) is 4.31. The van der Waals surface area contributed by atoms with E-state index in [0.29, 0.717) is 0 Å². The third kappa shape index (κ3) is 2.37. The maximum Gasteiger partial charge on any atom is 0.123 e. The fraction of sp³-hybridized carbons (Fsp3) is 0.538. The Kier molecular flexibility index (Phi) is 3.06. The number of hydrogen-bond acceptors (Lipinski definition) is 1. The number of halogens is 1. The molecular formula is C13H18FN. The molecule has 2 rings (SSSR count). The van der Waals surface area contributed by atoms with Gasteiger partial charge < -0.3 is 5.32 Å². The number of rotatable bonds is 3. The van der Waals surface area contributed by atoms with E-state index < -0.39 is 0 Å². The second-order valence-electron chi connectivity index (χ2n) is 4.47. The minimum atomic E-state index is -0.149. The fourth-order valence-electron chi connectivity index (χ4n) is 2.44. The van der Waals surface area contributed by atoms with Crippen LogP contribution < -0.4 is 5.32 Å². The molecule has 1 unspecified atom stereocenters. The lowest BCUT2D eigenvalue weighted by atomic mass is 9.87. The average molecular weight is 207 g/mol. The quantitative estimate of drug-likeness (QED) is 0.803. The summed E-state index contributed by atoms with van der Waals surface area (Å²) in [6.45, 7) is 3.34. The summed E-state index contributed by atoms with van der Waals surface area (Å²) in [6, 6.07) is 6.89. The zero-order valence-corrected chi connectivity index (χ0v) is 9.22. The van der Waals surface area contributed by atoms with Crippen LogP contribution in [0.15, 0.2) is 24.3 Å². The highest BCUT2D eigenvalue weighted by Crippen LogP contribution is 2.27. The van der Waals surface area contributed by atoms with E-state index >= 15 is 0 Å². The van der Waals surface area contributed by atoms with E-state index in [1.807, 2.05) is 12.1 Å². The maximum absolute atomic E-state index is 12.8. The Bertz CT molecular complexity index is 312. The summed E-state index contributed by atoms with van der Waals surface area (Å²) in [4.78, 5) is 0. The van der Waals surface area contributed by atoms with Gasteiger partial charge in [0.05, 0.1) is 0 Å². The Hall–Kier alpha value is -0.890. The van der Waals surface area contributed by atoms with Gasteiger partial charge in [0, 0.05) is 5.54 Å². The molecular weight excluding hydrogens is 189 g/mol. The van der Waals surface area contributed by atoms with Crippen molar-refractivity contribution < 1.29 is 4.39 Å². The first-order valence-corrected chi connectivity index (χ1v) is 5.74. The lowest BCUT2D eigenvalue weighted by Crippen LogP contribution is -2.41. The molecule has 0 spiro atoms. The average Bonchev–Trinajstić information content (AvgIpc) is 2.71. The van der Waals surface area contributed by atoms with Gasteiger partial charge in [-0.25, -0.2) is 4.39 Å². The van der Waals surface area contributed by atoms with E-state index in [1.54, 1.807) is 12.1 Å². The third-order valence-corrected chi connectivity index (χ3v) is 3.46. The highest BCUT2D eigenvalue weighted by Gasteiger charge is 2.31. The summed E-state index contributed by atoms with van der Waals surface area (Å²) in [7, 11) is 0. The molecule has 0 aliphatic carbocycles. The van der Waals surface area contributed by atoms with Crippen LogP contribution in [0.3, 0.4) is 0 Å². The van der Waals surface area contributed by atoms with Gasteiger partial charge in [0.25, 0.3) is 0 Å². The van der Waals surface area contributed by atoms with Gasteiger partial charge in [-0.2, -0.15) is 0 Å². The summed E-state index contributed by atoms with van der Waals surface area (Å²) in [5.41, 5.74) is 1.49. The van der Waals surface area contributed by atoms with Crippen LogP contribution in [-0.4, -0.2) is 12.1 Å². The smallest absolute Gasteiger partial charge is 0.123 e.